The fourth-order valence-corrected chi connectivity index (χ4v) is 6.99. The molecule has 2 aromatic carbocycles. The van der Waals surface area contributed by atoms with E-state index in [0.717, 1.165) is 27.9 Å². The summed E-state index contributed by atoms with van der Waals surface area (Å²) in [5.74, 6) is 0.498. The number of aryl methyl sites for hydroxylation is 1. The topological polar surface area (TPSA) is 75.0 Å². The third-order valence-electron chi connectivity index (χ3n) is 7.47. The average molecular weight is 488 g/mol. The van der Waals surface area contributed by atoms with Crippen LogP contribution in [-0.2, 0) is 29.0 Å². The number of methoxy groups -OCH3 is 1. The van der Waals surface area contributed by atoms with Crippen LogP contribution in [0.25, 0.3) is 10.9 Å². The van der Waals surface area contributed by atoms with Gasteiger partial charge in [0.15, 0.2) is 0 Å². The molecule has 0 saturated carbocycles. The number of nitrogens with zero attached hydrogens (tertiary/aromatic N) is 3. The zero-order valence-electron chi connectivity index (χ0n) is 19.7. The van der Waals surface area contributed by atoms with Crippen molar-refractivity contribution in [2.24, 2.45) is 7.05 Å². The van der Waals surface area contributed by atoms with Crippen LogP contribution in [-0.4, -0.2) is 66.4 Å². The Bertz CT molecular complexity index is 1350. The van der Waals surface area contributed by atoms with Crippen molar-refractivity contribution in [3.63, 3.8) is 0 Å². The normalized spacial score (nSPS) is 20.4. The van der Waals surface area contributed by atoms with Crippen molar-refractivity contribution in [2.75, 3.05) is 39.1 Å². The van der Waals surface area contributed by atoms with Gasteiger partial charge in [0, 0.05) is 61.4 Å². The predicted molar refractivity (Wildman–Crippen MR) is 129 cm³/mol. The lowest BCUT2D eigenvalue weighted by Crippen LogP contribution is -2.67. The molecule has 182 valence electrons. The zero-order chi connectivity index (χ0) is 24.3. The van der Waals surface area contributed by atoms with Crippen LogP contribution in [0.4, 0.5) is 4.39 Å². The van der Waals surface area contributed by atoms with Gasteiger partial charge in [-0.2, -0.15) is 4.31 Å². The molecular formula is C25H30FN3O4S. The monoisotopic (exact) mass is 487 g/mol. The lowest BCUT2D eigenvalue weighted by atomic mass is 9.70. The lowest BCUT2D eigenvalue weighted by Gasteiger charge is -2.55. The number of aliphatic hydroxyl groups excluding tert-OH is 1. The maximum absolute atomic E-state index is 14.6. The zero-order valence-corrected chi connectivity index (χ0v) is 20.5. The molecule has 9 heteroatoms. The molecule has 34 heavy (non-hydrogen) atoms. The highest BCUT2D eigenvalue weighted by atomic mass is 32.2. The Balaban J connectivity index is 1.67. The molecule has 2 aliphatic heterocycles. The molecule has 1 fully saturated rings. The fourth-order valence-electron chi connectivity index (χ4n) is 5.74. The van der Waals surface area contributed by atoms with E-state index in [4.69, 9.17) is 4.74 Å². The number of aliphatic hydroxyl groups is 1. The smallest absolute Gasteiger partial charge is 0.213 e. The number of ether oxygens (including phenoxy) is 1. The number of rotatable bonds is 6. The highest BCUT2D eigenvalue weighted by Crippen LogP contribution is 2.50. The molecule has 1 saturated heterocycles. The van der Waals surface area contributed by atoms with Crippen molar-refractivity contribution < 1.29 is 22.7 Å². The molecule has 1 spiro atoms. The first kappa shape index (κ1) is 23.3. The van der Waals surface area contributed by atoms with Crippen molar-refractivity contribution in [2.45, 2.75) is 24.9 Å². The molecule has 2 aliphatic rings. The summed E-state index contributed by atoms with van der Waals surface area (Å²) in [5, 5.41) is 11.5. The van der Waals surface area contributed by atoms with E-state index in [-0.39, 0.29) is 24.2 Å². The minimum absolute atomic E-state index is 0.0564. The van der Waals surface area contributed by atoms with Crippen molar-refractivity contribution in [1.29, 1.82) is 0 Å². The molecule has 0 unspecified atom stereocenters. The summed E-state index contributed by atoms with van der Waals surface area (Å²) in [6.45, 7) is 3.12. The molecule has 0 radical (unpaired) electrons. The maximum atomic E-state index is 14.6. The van der Waals surface area contributed by atoms with E-state index >= 15 is 0 Å². The van der Waals surface area contributed by atoms with E-state index in [1.807, 2.05) is 25.2 Å². The van der Waals surface area contributed by atoms with Gasteiger partial charge >= 0.3 is 0 Å². The summed E-state index contributed by atoms with van der Waals surface area (Å²) in [7, 11) is 0.264. The van der Waals surface area contributed by atoms with Crippen LogP contribution in [0.5, 0.6) is 5.75 Å². The molecule has 7 nitrogen and oxygen atoms in total. The van der Waals surface area contributed by atoms with Crippen LogP contribution in [0.3, 0.4) is 0 Å². The van der Waals surface area contributed by atoms with Gasteiger partial charge in [0.1, 0.15) is 11.6 Å². The standard InChI is InChI=1S/C25H30FN3O4S/c1-4-34(31,32)29-15-25(16-29)14-28(12-17-7-5-6-8-20(17)26)22(13-30)24-23(25)19-10-9-18(33-3)11-21(19)27(24)2/h5-11,22,30H,4,12-16H2,1-3H3/t22-/m1/s1. The van der Waals surface area contributed by atoms with Crippen molar-refractivity contribution in [1.82, 2.24) is 13.8 Å². The Kier molecular flexibility index (Phi) is 5.71. The Hall–Kier alpha value is -2.46. The molecule has 1 atom stereocenters. The van der Waals surface area contributed by atoms with Crippen molar-refractivity contribution in [3.8, 4) is 5.75 Å². The van der Waals surface area contributed by atoms with Crippen LogP contribution in [0, 0.1) is 5.82 Å². The molecule has 0 bridgehead atoms. The van der Waals surface area contributed by atoms with E-state index in [2.05, 4.69) is 9.47 Å². The third kappa shape index (κ3) is 3.45. The molecule has 1 aromatic heterocycles. The van der Waals surface area contributed by atoms with Crippen LogP contribution >= 0.6 is 0 Å². The highest BCUT2D eigenvalue weighted by molar-refractivity contribution is 7.89. The van der Waals surface area contributed by atoms with Crippen molar-refractivity contribution >= 4 is 20.9 Å². The minimum atomic E-state index is -3.32. The summed E-state index contributed by atoms with van der Waals surface area (Å²) in [6.07, 6.45) is 0. The first-order valence-electron chi connectivity index (χ1n) is 11.5. The van der Waals surface area contributed by atoms with Gasteiger partial charge in [-0.15, -0.1) is 0 Å². The van der Waals surface area contributed by atoms with E-state index < -0.39 is 15.4 Å². The number of hydrogen-bond acceptors (Lipinski definition) is 5. The van der Waals surface area contributed by atoms with Gasteiger partial charge in [0.2, 0.25) is 10.0 Å². The number of benzene rings is 2. The van der Waals surface area contributed by atoms with Gasteiger partial charge in [0.25, 0.3) is 0 Å². The summed E-state index contributed by atoms with van der Waals surface area (Å²) in [4.78, 5) is 2.09. The molecule has 3 heterocycles. The first-order chi connectivity index (χ1) is 16.2. The number of aromatic nitrogens is 1. The Morgan fingerprint density at radius 3 is 2.56 bits per heavy atom. The second-order valence-corrected chi connectivity index (χ2v) is 11.6. The summed E-state index contributed by atoms with van der Waals surface area (Å²) < 4.78 is 48.8. The third-order valence-corrected chi connectivity index (χ3v) is 9.24. The van der Waals surface area contributed by atoms with Crippen LogP contribution in [0.15, 0.2) is 42.5 Å². The number of sulfonamides is 1. The lowest BCUT2D eigenvalue weighted by molar-refractivity contribution is 0.0236. The van der Waals surface area contributed by atoms with Gasteiger partial charge in [-0.05, 0) is 30.7 Å². The summed E-state index contributed by atoms with van der Waals surface area (Å²) in [5.41, 5.74) is 3.10. The second-order valence-electron chi connectivity index (χ2n) is 9.35. The molecule has 0 amide bonds. The van der Waals surface area contributed by atoms with E-state index in [0.29, 0.717) is 31.7 Å². The molecule has 0 aliphatic carbocycles. The maximum Gasteiger partial charge on any atom is 0.213 e. The van der Waals surface area contributed by atoms with Crippen LogP contribution in [0.2, 0.25) is 0 Å². The Labute approximate surface area is 199 Å². The van der Waals surface area contributed by atoms with Gasteiger partial charge < -0.3 is 14.4 Å². The fraction of sp³-hybridized carbons (Fsp3) is 0.440. The number of halogens is 1. The molecule has 5 rings (SSSR count). The minimum Gasteiger partial charge on any atom is -0.497 e. The molecule has 1 N–H and O–H groups in total. The highest BCUT2D eigenvalue weighted by Gasteiger charge is 2.55. The Morgan fingerprint density at radius 1 is 1.18 bits per heavy atom. The first-order valence-corrected chi connectivity index (χ1v) is 13.1. The predicted octanol–water partition coefficient (Wildman–Crippen LogP) is 2.78. The van der Waals surface area contributed by atoms with E-state index in [1.54, 1.807) is 36.5 Å². The molecule has 3 aromatic rings. The number of fused-ring (bicyclic) bond motifs is 4. The van der Waals surface area contributed by atoms with E-state index in [9.17, 15) is 17.9 Å². The SMILES string of the molecule is CCS(=O)(=O)N1CC2(CN(Cc3ccccc3F)[C@H](CO)c3c2c2ccc(OC)cc2n3C)C1. The summed E-state index contributed by atoms with van der Waals surface area (Å²) in [6, 6.07) is 12.2. The van der Waals surface area contributed by atoms with Gasteiger partial charge in [-0.3, -0.25) is 4.90 Å². The van der Waals surface area contributed by atoms with Gasteiger partial charge in [-0.1, -0.05) is 18.2 Å². The van der Waals surface area contributed by atoms with Gasteiger partial charge in [0.05, 0.1) is 31.0 Å². The van der Waals surface area contributed by atoms with E-state index in [1.165, 1.54) is 6.07 Å². The van der Waals surface area contributed by atoms with Crippen LogP contribution in [0.1, 0.15) is 29.8 Å². The average Bonchev–Trinajstić information content (AvgIpc) is 3.10. The molecular weight excluding hydrogens is 457 g/mol. The largest absolute Gasteiger partial charge is 0.497 e. The second kappa shape index (κ2) is 8.34. The van der Waals surface area contributed by atoms with Crippen LogP contribution < -0.4 is 4.74 Å². The van der Waals surface area contributed by atoms with Crippen molar-refractivity contribution in [3.05, 3.63) is 65.1 Å². The van der Waals surface area contributed by atoms with Gasteiger partial charge in [-0.25, -0.2) is 12.8 Å². The Morgan fingerprint density at radius 2 is 1.91 bits per heavy atom. The quantitative estimate of drug-likeness (QED) is 0.579. The summed E-state index contributed by atoms with van der Waals surface area (Å²) >= 11 is 0. The number of hydrogen-bond donors (Lipinski definition) is 1.